The van der Waals surface area contributed by atoms with Crippen molar-refractivity contribution in [1.82, 2.24) is 9.80 Å². The Kier molecular flexibility index (Phi) is 4.96. The zero-order valence-electron chi connectivity index (χ0n) is 13.4. The third-order valence-electron chi connectivity index (χ3n) is 4.95. The Bertz CT molecular complexity index is 555. The second-order valence-electron chi connectivity index (χ2n) is 6.62. The minimum Gasteiger partial charge on any atom is -0.481 e. The zero-order chi connectivity index (χ0) is 16.2. The molecule has 0 spiro atoms. The molecule has 2 aliphatic heterocycles. The standard InChI is InChI=1S/C18H24N2O3/c21-17(20-9-5-2-6-10-20)15-12-19(13-16(15)18(22)23)11-14-7-3-1-4-8-14/h1,3-4,7-8,15-16H,2,5-6,9-13H2,(H,22,23). The second kappa shape index (κ2) is 7.13. The summed E-state index contributed by atoms with van der Waals surface area (Å²) in [4.78, 5) is 28.3. The Morgan fingerprint density at radius 2 is 1.65 bits per heavy atom. The maximum Gasteiger partial charge on any atom is 0.308 e. The van der Waals surface area contributed by atoms with E-state index >= 15 is 0 Å². The molecule has 2 unspecified atom stereocenters. The molecule has 5 nitrogen and oxygen atoms in total. The fourth-order valence-electron chi connectivity index (χ4n) is 3.71. The van der Waals surface area contributed by atoms with Crippen LogP contribution in [-0.4, -0.2) is 53.0 Å². The van der Waals surface area contributed by atoms with Crippen molar-refractivity contribution < 1.29 is 14.7 Å². The lowest BCUT2D eigenvalue weighted by molar-refractivity contribution is -0.148. The molecule has 0 radical (unpaired) electrons. The fourth-order valence-corrected chi connectivity index (χ4v) is 3.71. The number of carbonyl (C=O) groups excluding carboxylic acids is 1. The SMILES string of the molecule is O=C(O)C1CN(Cc2ccccc2)CC1C(=O)N1CCCCC1. The molecule has 124 valence electrons. The van der Waals surface area contributed by atoms with Crippen LogP contribution in [0.1, 0.15) is 24.8 Å². The summed E-state index contributed by atoms with van der Waals surface area (Å²) in [6.45, 7) is 3.25. The van der Waals surface area contributed by atoms with Gasteiger partial charge in [-0.15, -0.1) is 0 Å². The van der Waals surface area contributed by atoms with Crippen LogP contribution in [0.5, 0.6) is 0 Å². The van der Waals surface area contributed by atoms with Crippen molar-refractivity contribution in [3.8, 4) is 0 Å². The number of piperidine rings is 1. The largest absolute Gasteiger partial charge is 0.481 e. The molecule has 2 saturated heterocycles. The number of hydrogen-bond donors (Lipinski definition) is 1. The topological polar surface area (TPSA) is 60.9 Å². The Morgan fingerprint density at radius 3 is 2.30 bits per heavy atom. The quantitative estimate of drug-likeness (QED) is 0.920. The summed E-state index contributed by atoms with van der Waals surface area (Å²) < 4.78 is 0. The number of benzene rings is 1. The summed E-state index contributed by atoms with van der Waals surface area (Å²) in [5.41, 5.74) is 1.16. The number of carboxylic acid groups (broad SMARTS) is 1. The first kappa shape index (κ1) is 16.0. The Labute approximate surface area is 136 Å². The maximum atomic E-state index is 12.7. The molecule has 1 aromatic rings. The van der Waals surface area contributed by atoms with Crippen molar-refractivity contribution in [3.05, 3.63) is 35.9 Å². The highest BCUT2D eigenvalue weighted by molar-refractivity contribution is 5.85. The summed E-state index contributed by atoms with van der Waals surface area (Å²) in [7, 11) is 0. The number of likely N-dealkylation sites (tertiary alicyclic amines) is 2. The molecule has 0 saturated carbocycles. The fraction of sp³-hybridized carbons (Fsp3) is 0.556. The van der Waals surface area contributed by atoms with E-state index in [0.717, 1.165) is 37.9 Å². The van der Waals surface area contributed by atoms with E-state index < -0.39 is 17.8 Å². The van der Waals surface area contributed by atoms with E-state index in [1.54, 1.807) is 0 Å². The van der Waals surface area contributed by atoms with Crippen LogP contribution in [0.4, 0.5) is 0 Å². The summed E-state index contributed by atoms with van der Waals surface area (Å²) in [5, 5.41) is 9.52. The second-order valence-corrected chi connectivity index (χ2v) is 6.62. The number of carboxylic acids is 1. The van der Waals surface area contributed by atoms with Gasteiger partial charge in [0.05, 0.1) is 11.8 Å². The monoisotopic (exact) mass is 316 g/mol. The molecule has 3 rings (SSSR count). The lowest BCUT2D eigenvalue weighted by Crippen LogP contribution is -2.43. The first-order valence-electron chi connectivity index (χ1n) is 8.43. The van der Waals surface area contributed by atoms with Crippen LogP contribution >= 0.6 is 0 Å². The minimum atomic E-state index is -0.851. The van der Waals surface area contributed by atoms with Gasteiger partial charge in [0.15, 0.2) is 0 Å². The number of nitrogens with zero attached hydrogens (tertiary/aromatic N) is 2. The van der Waals surface area contributed by atoms with Crippen LogP contribution in [0.25, 0.3) is 0 Å². The molecule has 0 aromatic heterocycles. The number of carbonyl (C=O) groups is 2. The molecule has 5 heteroatoms. The third kappa shape index (κ3) is 3.72. The highest BCUT2D eigenvalue weighted by atomic mass is 16.4. The third-order valence-corrected chi connectivity index (χ3v) is 4.95. The van der Waals surface area contributed by atoms with E-state index in [-0.39, 0.29) is 5.91 Å². The minimum absolute atomic E-state index is 0.0349. The van der Waals surface area contributed by atoms with E-state index in [0.29, 0.717) is 19.6 Å². The van der Waals surface area contributed by atoms with Crippen molar-refractivity contribution in [2.45, 2.75) is 25.8 Å². The van der Waals surface area contributed by atoms with E-state index in [9.17, 15) is 14.7 Å². The average Bonchev–Trinajstić information content (AvgIpc) is 3.00. The summed E-state index contributed by atoms with van der Waals surface area (Å²) in [6, 6.07) is 10.0. The van der Waals surface area contributed by atoms with Crippen molar-refractivity contribution in [1.29, 1.82) is 0 Å². The van der Waals surface area contributed by atoms with Crippen molar-refractivity contribution in [2.24, 2.45) is 11.8 Å². The maximum absolute atomic E-state index is 12.7. The Balaban J connectivity index is 1.68. The Hall–Kier alpha value is -1.88. The van der Waals surface area contributed by atoms with Crippen molar-refractivity contribution >= 4 is 11.9 Å². The van der Waals surface area contributed by atoms with E-state index in [1.165, 1.54) is 0 Å². The number of amides is 1. The molecular formula is C18H24N2O3. The number of rotatable bonds is 4. The van der Waals surface area contributed by atoms with Crippen molar-refractivity contribution in [2.75, 3.05) is 26.2 Å². The number of hydrogen-bond acceptors (Lipinski definition) is 3. The molecule has 23 heavy (non-hydrogen) atoms. The van der Waals surface area contributed by atoms with Gasteiger partial charge in [-0.3, -0.25) is 14.5 Å². The van der Waals surface area contributed by atoms with E-state index in [2.05, 4.69) is 4.90 Å². The van der Waals surface area contributed by atoms with Gasteiger partial charge in [0.2, 0.25) is 5.91 Å². The van der Waals surface area contributed by atoms with Gasteiger partial charge in [-0.1, -0.05) is 30.3 Å². The molecule has 0 aliphatic carbocycles. The lowest BCUT2D eigenvalue weighted by atomic mass is 9.94. The molecule has 1 N–H and O–H groups in total. The van der Waals surface area contributed by atoms with E-state index in [4.69, 9.17) is 0 Å². The molecular weight excluding hydrogens is 292 g/mol. The Morgan fingerprint density at radius 1 is 1.00 bits per heavy atom. The lowest BCUT2D eigenvalue weighted by Gasteiger charge is -2.30. The predicted octanol–water partition coefficient (Wildman–Crippen LogP) is 1.83. The molecule has 0 bridgehead atoms. The smallest absolute Gasteiger partial charge is 0.308 e. The summed E-state index contributed by atoms with van der Waals surface area (Å²) >= 11 is 0. The normalized spacial score (nSPS) is 25.5. The molecule has 1 aromatic carbocycles. The van der Waals surface area contributed by atoms with Gasteiger partial charge < -0.3 is 10.0 Å². The molecule has 2 aliphatic rings. The van der Waals surface area contributed by atoms with Gasteiger partial charge >= 0.3 is 5.97 Å². The van der Waals surface area contributed by atoms with Crippen LogP contribution in [0.2, 0.25) is 0 Å². The molecule has 2 atom stereocenters. The predicted molar refractivity (Wildman–Crippen MR) is 86.8 cm³/mol. The van der Waals surface area contributed by atoms with Crippen LogP contribution in [0.3, 0.4) is 0 Å². The van der Waals surface area contributed by atoms with Gasteiger partial charge in [-0.05, 0) is 24.8 Å². The first-order valence-corrected chi connectivity index (χ1v) is 8.43. The molecule has 2 heterocycles. The van der Waals surface area contributed by atoms with Crippen LogP contribution in [0, 0.1) is 11.8 Å². The van der Waals surface area contributed by atoms with Crippen LogP contribution in [0.15, 0.2) is 30.3 Å². The van der Waals surface area contributed by atoms with Gasteiger partial charge in [0.1, 0.15) is 0 Å². The van der Waals surface area contributed by atoms with Gasteiger partial charge in [0.25, 0.3) is 0 Å². The highest BCUT2D eigenvalue weighted by Crippen LogP contribution is 2.28. The van der Waals surface area contributed by atoms with E-state index in [1.807, 2.05) is 35.2 Å². The zero-order valence-corrected chi connectivity index (χ0v) is 13.4. The molecule has 2 fully saturated rings. The van der Waals surface area contributed by atoms with Crippen LogP contribution in [-0.2, 0) is 16.1 Å². The van der Waals surface area contributed by atoms with Crippen LogP contribution < -0.4 is 0 Å². The van der Waals surface area contributed by atoms with Crippen molar-refractivity contribution in [3.63, 3.8) is 0 Å². The van der Waals surface area contributed by atoms with Gasteiger partial charge in [-0.2, -0.15) is 0 Å². The average molecular weight is 316 g/mol. The first-order chi connectivity index (χ1) is 11.1. The van der Waals surface area contributed by atoms with Gasteiger partial charge in [-0.25, -0.2) is 0 Å². The summed E-state index contributed by atoms with van der Waals surface area (Å²) in [6.07, 6.45) is 3.23. The number of aliphatic carboxylic acids is 1. The highest BCUT2D eigenvalue weighted by Gasteiger charge is 2.43. The molecule has 1 amide bonds. The summed E-state index contributed by atoms with van der Waals surface area (Å²) in [5.74, 6) is -1.81. The van der Waals surface area contributed by atoms with Gasteiger partial charge in [0, 0.05) is 32.7 Å².